The third-order valence-corrected chi connectivity index (χ3v) is 5.59. The Labute approximate surface area is 149 Å². The average molecular weight is 361 g/mol. The summed E-state index contributed by atoms with van der Waals surface area (Å²) in [5.41, 5.74) is 1.81. The van der Waals surface area contributed by atoms with Gasteiger partial charge in [0.2, 0.25) is 0 Å². The van der Waals surface area contributed by atoms with E-state index in [2.05, 4.69) is 0 Å². The zero-order valence-corrected chi connectivity index (χ0v) is 14.7. The SMILES string of the molecule is CCOC(=O)CN1C(=S)C(c2ccc(F)cc2)Sc2ccccc21. The molecule has 0 bridgehead atoms. The molecular formula is C18H16FNO2S2. The number of fused-ring (bicyclic) bond motifs is 1. The van der Waals surface area contributed by atoms with Crippen LogP contribution in [0, 0.1) is 5.82 Å². The van der Waals surface area contributed by atoms with Crippen molar-refractivity contribution >= 4 is 40.6 Å². The lowest BCUT2D eigenvalue weighted by Crippen LogP contribution is -2.40. The maximum absolute atomic E-state index is 13.2. The molecule has 0 radical (unpaired) electrons. The van der Waals surface area contributed by atoms with Gasteiger partial charge < -0.3 is 9.64 Å². The van der Waals surface area contributed by atoms with Crippen LogP contribution in [0.25, 0.3) is 0 Å². The molecule has 1 aliphatic heterocycles. The smallest absolute Gasteiger partial charge is 0.325 e. The first-order valence-corrected chi connectivity index (χ1v) is 8.87. The van der Waals surface area contributed by atoms with Crippen LogP contribution in [-0.4, -0.2) is 24.1 Å². The van der Waals surface area contributed by atoms with E-state index >= 15 is 0 Å². The molecule has 6 heteroatoms. The van der Waals surface area contributed by atoms with E-state index in [0.29, 0.717) is 11.6 Å². The summed E-state index contributed by atoms with van der Waals surface area (Å²) in [6.07, 6.45) is 0. The van der Waals surface area contributed by atoms with Gasteiger partial charge in [0, 0.05) is 4.90 Å². The van der Waals surface area contributed by atoms with Crippen LogP contribution in [0.4, 0.5) is 10.1 Å². The number of para-hydroxylation sites is 1. The summed E-state index contributed by atoms with van der Waals surface area (Å²) in [5.74, 6) is -0.603. The monoisotopic (exact) mass is 361 g/mol. The molecule has 2 aromatic rings. The topological polar surface area (TPSA) is 29.5 Å². The van der Waals surface area contributed by atoms with Crippen LogP contribution < -0.4 is 4.90 Å². The minimum atomic E-state index is -0.320. The first-order valence-electron chi connectivity index (χ1n) is 7.58. The van der Waals surface area contributed by atoms with E-state index < -0.39 is 0 Å². The highest BCUT2D eigenvalue weighted by Crippen LogP contribution is 2.46. The third-order valence-electron chi connectivity index (χ3n) is 3.66. The van der Waals surface area contributed by atoms with Crippen molar-refractivity contribution < 1.29 is 13.9 Å². The molecule has 0 aromatic heterocycles. The summed E-state index contributed by atoms with van der Waals surface area (Å²) >= 11 is 7.26. The van der Waals surface area contributed by atoms with Crippen molar-refractivity contribution in [3.8, 4) is 0 Å². The van der Waals surface area contributed by atoms with Crippen molar-refractivity contribution in [3.63, 3.8) is 0 Å². The molecule has 1 aliphatic rings. The predicted octanol–water partition coefficient (Wildman–Crippen LogP) is 4.37. The summed E-state index contributed by atoms with van der Waals surface area (Å²) in [6.45, 7) is 2.18. The Morgan fingerprint density at radius 2 is 1.96 bits per heavy atom. The summed E-state index contributed by atoms with van der Waals surface area (Å²) < 4.78 is 18.3. The highest BCUT2D eigenvalue weighted by atomic mass is 32.2. The maximum Gasteiger partial charge on any atom is 0.325 e. The van der Waals surface area contributed by atoms with E-state index in [1.807, 2.05) is 29.2 Å². The van der Waals surface area contributed by atoms with Crippen LogP contribution in [0.3, 0.4) is 0 Å². The number of esters is 1. The Morgan fingerprint density at radius 3 is 2.67 bits per heavy atom. The Morgan fingerprint density at radius 1 is 1.25 bits per heavy atom. The first kappa shape index (κ1) is 16.9. The first-order chi connectivity index (χ1) is 11.6. The van der Waals surface area contributed by atoms with Crippen LogP contribution in [-0.2, 0) is 9.53 Å². The second kappa shape index (κ2) is 7.32. The Hall–Kier alpha value is -1.92. The Balaban J connectivity index is 1.96. The Kier molecular flexibility index (Phi) is 5.16. The number of carbonyl (C=O) groups excluding carboxylic acids is 1. The fraction of sp³-hybridized carbons (Fsp3) is 0.222. The second-order valence-corrected chi connectivity index (χ2v) is 6.81. The number of rotatable bonds is 4. The number of thiocarbonyl (C=S) groups is 1. The fourth-order valence-electron chi connectivity index (χ4n) is 2.56. The molecule has 0 saturated carbocycles. The largest absolute Gasteiger partial charge is 0.465 e. The number of benzene rings is 2. The summed E-state index contributed by atoms with van der Waals surface area (Å²) in [7, 11) is 0. The number of anilines is 1. The van der Waals surface area contributed by atoms with Crippen molar-refractivity contribution in [2.75, 3.05) is 18.1 Å². The average Bonchev–Trinajstić information content (AvgIpc) is 2.58. The van der Waals surface area contributed by atoms with Crippen molar-refractivity contribution in [2.45, 2.75) is 17.1 Å². The van der Waals surface area contributed by atoms with E-state index in [1.54, 1.807) is 30.8 Å². The highest BCUT2D eigenvalue weighted by Gasteiger charge is 2.32. The lowest BCUT2D eigenvalue weighted by molar-refractivity contribution is -0.141. The van der Waals surface area contributed by atoms with E-state index in [9.17, 15) is 9.18 Å². The maximum atomic E-state index is 13.2. The number of nitrogens with zero attached hydrogens (tertiary/aromatic N) is 1. The van der Waals surface area contributed by atoms with Crippen molar-refractivity contribution in [2.24, 2.45) is 0 Å². The number of hydrogen-bond donors (Lipinski definition) is 0. The van der Waals surface area contributed by atoms with E-state index in [1.165, 1.54) is 12.1 Å². The zero-order chi connectivity index (χ0) is 17.1. The molecule has 3 nitrogen and oxygen atoms in total. The quantitative estimate of drug-likeness (QED) is 0.596. The Bertz CT molecular complexity index is 764. The van der Waals surface area contributed by atoms with Crippen LogP contribution in [0.15, 0.2) is 53.4 Å². The van der Waals surface area contributed by atoms with Gasteiger partial charge in [0.25, 0.3) is 0 Å². The molecule has 0 spiro atoms. The molecule has 0 N–H and O–H groups in total. The van der Waals surface area contributed by atoms with Gasteiger partial charge in [-0.1, -0.05) is 36.5 Å². The van der Waals surface area contributed by atoms with Crippen LogP contribution >= 0.6 is 24.0 Å². The van der Waals surface area contributed by atoms with E-state index in [-0.39, 0.29) is 23.6 Å². The molecule has 0 amide bonds. The molecule has 0 fully saturated rings. The van der Waals surface area contributed by atoms with Crippen LogP contribution in [0.2, 0.25) is 0 Å². The number of hydrogen-bond acceptors (Lipinski definition) is 4. The number of halogens is 1. The van der Waals surface area contributed by atoms with E-state index in [4.69, 9.17) is 17.0 Å². The molecule has 2 aromatic carbocycles. The van der Waals surface area contributed by atoms with Gasteiger partial charge in [-0.25, -0.2) is 4.39 Å². The van der Waals surface area contributed by atoms with Crippen molar-refractivity contribution in [3.05, 3.63) is 59.9 Å². The van der Waals surface area contributed by atoms with Gasteiger partial charge >= 0.3 is 5.97 Å². The van der Waals surface area contributed by atoms with Gasteiger partial charge in [0.05, 0.1) is 17.5 Å². The van der Waals surface area contributed by atoms with Crippen molar-refractivity contribution in [1.82, 2.24) is 0 Å². The van der Waals surface area contributed by atoms with Gasteiger partial charge in [-0.05, 0) is 36.8 Å². The zero-order valence-electron chi connectivity index (χ0n) is 13.1. The van der Waals surface area contributed by atoms with Crippen LogP contribution in [0.1, 0.15) is 17.7 Å². The van der Waals surface area contributed by atoms with Crippen LogP contribution in [0.5, 0.6) is 0 Å². The third kappa shape index (κ3) is 3.44. The lowest BCUT2D eigenvalue weighted by Gasteiger charge is -2.35. The normalized spacial score (nSPS) is 16.7. The van der Waals surface area contributed by atoms with Gasteiger partial charge in [0.15, 0.2) is 0 Å². The van der Waals surface area contributed by atoms with Crippen molar-refractivity contribution in [1.29, 1.82) is 0 Å². The summed E-state index contributed by atoms with van der Waals surface area (Å²) in [6, 6.07) is 14.1. The lowest BCUT2D eigenvalue weighted by atomic mass is 10.1. The molecule has 1 heterocycles. The molecule has 1 atom stereocenters. The molecule has 0 aliphatic carbocycles. The number of ether oxygens (including phenoxy) is 1. The van der Waals surface area contributed by atoms with Gasteiger partial charge in [0.1, 0.15) is 17.4 Å². The summed E-state index contributed by atoms with van der Waals surface area (Å²) in [4.78, 5) is 15.4. The molecule has 24 heavy (non-hydrogen) atoms. The van der Waals surface area contributed by atoms with Gasteiger partial charge in [-0.2, -0.15) is 0 Å². The van der Waals surface area contributed by atoms with E-state index in [0.717, 1.165) is 16.1 Å². The second-order valence-electron chi connectivity index (χ2n) is 5.25. The standard InChI is InChI=1S/C18H16FNO2S2/c1-2-22-16(21)11-20-14-5-3-4-6-15(14)24-17(18(20)23)12-7-9-13(19)10-8-12/h3-10,17H,2,11H2,1H3. The number of carbonyl (C=O) groups is 1. The molecule has 124 valence electrons. The molecule has 1 unspecified atom stereocenters. The summed E-state index contributed by atoms with van der Waals surface area (Å²) in [5, 5.41) is -0.148. The molecule has 3 rings (SSSR count). The van der Waals surface area contributed by atoms with Gasteiger partial charge in [-0.15, -0.1) is 11.8 Å². The molecular weight excluding hydrogens is 345 g/mol. The fourth-order valence-corrected chi connectivity index (χ4v) is 4.24. The minimum absolute atomic E-state index is 0.0714. The highest BCUT2D eigenvalue weighted by molar-refractivity contribution is 8.01. The number of thioether (sulfide) groups is 1. The van der Waals surface area contributed by atoms with Gasteiger partial charge in [-0.3, -0.25) is 4.79 Å². The minimum Gasteiger partial charge on any atom is -0.465 e. The predicted molar refractivity (Wildman–Crippen MR) is 98.0 cm³/mol. The molecule has 0 saturated heterocycles.